The second-order valence-electron chi connectivity index (χ2n) is 3.13. The second-order valence-corrected chi connectivity index (χ2v) is 4.18. The zero-order valence-electron chi connectivity index (χ0n) is 8.24. The summed E-state index contributed by atoms with van der Waals surface area (Å²) in [6, 6.07) is 5.12. The number of thioether (sulfide) groups is 1. The molecule has 0 saturated heterocycles. The van der Waals surface area contributed by atoms with Crippen LogP contribution in [0.1, 0.15) is 11.3 Å². The van der Waals surface area contributed by atoms with E-state index in [4.69, 9.17) is 4.42 Å². The lowest BCUT2D eigenvalue weighted by molar-refractivity contribution is 0.527. The van der Waals surface area contributed by atoms with E-state index in [-0.39, 0.29) is 0 Å². The highest BCUT2D eigenvalue weighted by molar-refractivity contribution is 7.98. The van der Waals surface area contributed by atoms with Gasteiger partial charge in [-0.2, -0.15) is 4.39 Å². The molecule has 2 rings (SSSR count). The molecular formula is C11H10FNOS. The molecule has 2 heterocycles. The van der Waals surface area contributed by atoms with Crippen molar-refractivity contribution < 1.29 is 8.81 Å². The van der Waals surface area contributed by atoms with Crippen LogP contribution >= 0.6 is 11.8 Å². The Morgan fingerprint density at radius 3 is 3.00 bits per heavy atom. The third-order valence-corrected chi connectivity index (χ3v) is 3.03. The first-order valence-electron chi connectivity index (χ1n) is 4.53. The zero-order chi connectivity index (χ0) is 10.7. The van der Waals surface area contributed by atoms with Crippen LogP contribution in [0.5, 0.6) is 0 Å². The van der Waals surface area contributed by atoms with Crippen molar-refractivity contribution in [1.29, 1.82) is 0 Å². The van der Waals surface area contributed by atoms with Gasteiger partial charge in [-0.1, -0.05) is 0 Å². The minimum absolute atomic E-state index is 0.448. The van der Waals surface area contributed by atoms with Crippen LogP contribution in [-0.2, 0) is 5.75 Å². The van der Waals surface area contributed by atoms with Crippen LogP contribution in [0, 0.1) is 12.9 Å². The van der Waals surface area contributed by atoms with Gasteiger partial charge in [0, 0.05) is 17.2 Å². The fraction of sp³-hybridized carbons (Fsp3) is 0.182. The molecule has 0 N–H and O–H groups in total. The standard InChI is InChI=1S/C11H10FNOS/c1-8-3-5-14-10(8)7-15-9-2-4-13-11(12)6-9/h2-6H,7H2,1H3. The molecule has 2 nitrogen and oxygen atoms in total. The molecule has 0 amide bonds. The maximum atomic E-state index is 12.8. The first kappa shape index (κ1) is 10.2. The van der Waals surface area contributed by atoms with Gasteiger partial charge in [-0.25, -0.2) is 4.98 Å². The quantitative estimate of drug-likeness (QED) is 0.589. The Morgan fingerprint density at radius 1 is 1.47 bits per heavy atom. The lowest BCUT2D eigenvalue weighted by atomic mass is 10.3. The highest BCUT2D eigenvalue weighted by Gasteiger charge is 2.03. The van der Waals surface area contributed by atoms with Crippen molar-refractivity contribution in [2.45, 2.75) is 17.6 Å². The van der Waals surface area contributed by atoms with E-state index in [2.05, 4.69) is 4.98 Å². The van der Waals surface area contributed by atoms with Crippen molar-refractivity contribution in [1.82, 2.24) is 4.98 Å². The molecule has 0 bridgehead atoms. The molecule has 0 fully saturated rings. The number of rotatable bonds is 3. The van der Waals surface area contributed by atoms with Crippen LogP contribution in [0.3, 0.4) is 0 Å². The minimum Gasteiger partial charge on any atom is -0.468 e. The van der Waals surface area contributed by atoms with Gasteiger partial charge >= 0.3 is 0 Å². The number of aryl methyl sites for hydroxylation is 1. The van der Waals surface area contributed by atoms with Gasteiger partial charge in [0.05, 0.1) is 12.0 Å². The van der Waals surface area contributed by atoms with Crippen LogP contribution in [0.2, 0.25) is 0 Å². The molecule has 15 heavy (non-hydrogen) atoms. The van der Waals surface area contributed by atoms with Crippen molar-refractivity contribution in [3.8, 4) is 0 Å². The summed E-state index contributed by atoms with van der Waals surface area (Å²) >= 11 is 1.53. The van der Waals surface area contributed by atoms with Crippen LogP contribution in [0.15, 0.2) is 40.0 Å². The summed E-state index contributed by atoms with van der Waals surface area (Å²) in [5, 5.41) is 0. The first-order chi connectivity index (χ1) is 7.25. The Hall–Kier alpha value is -1.29. The molecule has 78 valence electrons. The smallest absolute Gasteiger partial charge is 0.213 e. The highest BCUT2D eigenvalue weighted by Crippen LogP contribution is 2.24. The predicted octanol–water partition coefficient (Wildman–Crippen LogP) is 3.41. The van der Waals surface area contributed by atoms with Gasteiger partial charge in [-0.3, -0.25) is 0 Å². The number of nitrogens with zero attached hydrogens (tertiary/aromatic N) is 1. The number of aromatic nitrogens is 1. The van der Waals surface area contributed by atoms with Crippen molar-refractivity contribution in [3.05, 3.63) is 47.9 Å². The fourth-order valence-electron chi connectivity index (χ4n) is 1.18. The van der Waals surface area contributed by atoms with E-state index in [1.165, 1.54) is 24.0 Å². The van der Waals surface area contributed by atoms with E-state index in [1.54, 1.807) is 12.3 Å². The van der Waals surface area contributed by atoms with E-state index < -0.39 is 5.95 Å². The summed E-state index contributed by atoms with van der Waals surface area (Å²) in [4.78, 5) is 4.36. The van der Waals surface area contributed by atoms with Crippen LogP contribution in [0.25, 0.3) is 0 Å². The summed E-state index contributed by atoms with van der Waals surface area (Å²) in [6.45, 7) is 1.99. The molecule has 0 unspecified atom stereocenters. The molecular weight excluding hydrogens is 213 g/mol. The van der Waals surface area contributed by atoms with Crippen LogP contribution < -0.4 is 0 Å². The molecule has 0 aliphatic heterocycles. The summed E-state index contributed by atoms with van der Waals surface area (Å²) in [6.07, 6.45) is 3.13. The van der Waals surface area contributed by atoms with Crippen molar-refractivity contribution >= 4 is 11.8 Å². The average molecular weight is 223 g/mol. The van der Waals surface area contributed by atoms with Gasteiger partial charge in [0.1, 0.15) is 5.76 Å². The molecule has 0 radical (unpaired) electrons. The second kappa shape index (κ2) is 4.49. The Morgan fingerprint density at radius 2 is 2.33 bits per heavy atom. The fourth-order valence-corrected chi connectivity index (χ4v) is 2.11. The number of hydrogen-bond donors (Lipinski definition) is 0. The van der Waals surface area contributed by atoms with E-state index in [0.717, 1.165) is 16.2 Å². The monoisotopic (exact) mass is 223 g/mol. The SMILES string of the molecule is Cc1ccoc1CSc1ccnc(F)c1. The maximum Gasteiger partial charge on any atom is 0.213 e. The topological polar surface area (TPSA) is 26.0 Å². The predicted molar refractivity (Wildman–Crippen MR) is 57.2 cm³/mol. The molecule has 4 heteroatoms. The average Bonchev–Trinajstić information content (AvgIpc) is 2.61. The first-order valence-corrected chi connectivity index (χ1v) is 5.51. The lowest BCUT2D eigenvalue weighted by Gasteiger charge is -1.99. The van der Waals surface area contributed by atoms with Crippen molar-refractivity contribution in [3.63, 3.8) is 0 Å². The number of pyridine rings is 1. The van der Waals surface area contributed by atoms with Crippen LogP contribution in [-0.4, -0.2) is 4.98 Å². The highest BCUT2D eigenvalue weighted by atomic mass is 32.2. The number of furan rings is 1. The molecule has 0 atom stereocenters. The van der Waals surface area contributed by atoms with E-state index in [0.29, 0.717) is 5.75 Å². The Bertz CT molecular complexity index is 455. The molecule has 0 aromatic carbocycles. The van der Waals surface area contributed by atoms with Gasteiger partial charge in [0.2, 0.25) is 5.95 Å². The van der Waals surface area contributed by atoms with Gasteiger partial charge in [-0.15, -0.1) is 11.8 Å². The molecule has 0 aliphatic rings. The molecule has 0 aliphatic carbocycles. The Balaban J connectivity index is 2.02. The van der Waals surface area contributed by atoms with Crippen LogP contribution in [0.4, 0.5) is 4.39 Å². The zero-order valence-corrected chi connectivity index (χ0v) is 9.05. The lowest BCUT2D eigenvalue weighted by Crippen LogP contribution is -1.83. The molecule has 0 spiro atoms. The molecule has 2 aromatic rings. The number of hydrogen-bond acceptors (Lipinski definition) is 3. The largest absolute Gasteiger partial charge is 0.468 e. The maximum absolute atomic E-state index is 12.8. The Labute approximate surface area is 91.5 Å². The van der Waals surface area contributed by atoms with Gasteiger partial charge in [0.25, 0.3) is 0 Å². The summed E-state index contributed by atoms with van der Waals surface area (Å²) in [7, 11) is 0. The molecule has 0 saturated carbocycles. The number of halogens is 1. The third-order valence-electron chi connectivity index (χ3n) is 2.04. The van der Waals surface area contributed by atoms with Crippen molar-refractivity contribution in [2.24, 2.45) is 0 Å². The van der Waals surface area contributed by atoms with Gasteiger partial charge < -0.3 is 4.42 Å². The minimum atomic E-state index is -0.448. The van der Waals surface area contributed by atoms with E-state index in [1.807, 2.05) is 13.0 Å². The van der Waals surface area contributed by atoms with Gasteiger partial charge in [-0.05, 0) is 24.6 Å². The van der Waals surface area contributed by atoms with Crippen molar-refractivity contribution in [2.75, 3.05) is 0 Å². The van der Waals surface area contributed by atoms with E-state index in [9.17, 15) is 4.39 Å². The summed E-state index contributed by atoms with van der Waals surface area (Å²) in [5.74, 6) is 1.19. The van der Waals surface area contributed by atoms with Gasteiger partial charge in [0.15, 0.2) is 0 Å². The third kappa shape index (κ3) is 2.59. The molecule has 2 aromatic heterocycles. The normalized spacial score (nSPS) is 10.5. The summed E-state index contributed by atoms with van der Waals surface area (Å²) < 4.78 is 18.1. The Kier molecular flexibility index (Phi) is 3.06. The van der Waals surface area contributed by atoms with E-state index >= 15 is 0 Å². The summed E-state index contributed by atoms with van der Waals surface area (Å²) in [5.41, 5.74) is 1.12.